The minimum atomic E-state index is 0.328. The van der Waals surface area contributed by atoms with Gasteiger partial charge in [0.15, 0.2) is 0 Å². The first-order chi connectivity index (χ1) is 8.74. The summed E-state index contributed by atoms with van der Waals surface area (Å²) in [6.07, 6.45) is 3.90. The molecule has 0 aliphatic heterocycles. The second-order valence-electron chi connectivity index (χ2n) is 7.41. The summed E-state index contributed by atoms with van der Waals surface area (Å²) in [4.78, 5) is 0. The minimum absolute atomic E-state index is 0.328. The summed E-state index contributed by atoms with van der Waals surface area (Å²) in [5, 5.41) is 0. The zero-order valence-electron chi connectivity index (χ0n) is 14.0. The largest absolute Gasteiger partial charge is 0.0628 e. The van der Waals surface area contributed by atoms with E-state index < -0.39 is 0 Å². The van der Waals surface area contributed by atoms with Crippen LogP contribution in [0.2, 0.25) is 0 Å². The van der Waals surface area contributed by atoms with Crippen LogP contribution in [0.1, 0.15) is 70.6 Å². The average Bonchev–Trinajstić information content (AvgIpc) is 2.29. The second-order valence-corrected chi connectivity index (χ2v) is 7.41. The normalized spacial score (nSPS) is 15.0. The van der Waals surface area contributed by atoms with Gasteiger partial charge in [0, 0.05) is 0 Å². The molecule has 0 aromatic heterocycles. The van der Waals surface area contributed by atoms with Crippen molar-refractivity contribution in [3.63, 3.8) is 0 Å². The van der Waals surface area contributed by atoms with Gasteiger partial charge < -0.3 is 0 Å². The van der Waals surface area contributed by atoms with E-state index in [0.717, 1.165) is 11.8 Å². The lowest BCUT2D eigenvalue weighted by molar-refractivity contribution is 0.318. The lowest BCUT2D eigenvalue weighted by Crippen LogP contribution is -2.26. The smallest absolute Gasteiger partial charge is 0.00700 e. The summed E-state index contributed by atoms with van der Waals surface area (Å²) in [5.41, 5.74) is 4.74. The van der Waals surface area contributed by atoms with E-state index in [1.54, 1.807) is 5.56 Å². The molecule has 0 bridgehead atoms. The Morgan fingerprint density at radius 3 is 2.16 bits per heavy atom. The highest BCUT2D eigenvalue weighted by Gasteiger charge is 2.29. The van der Waals surface area contributed by atoms with Crippen LogP contribution in [0, 0.1) is 25.7 Å². The summed E-state index contributed by atoms with van der Waals surface area (Å²) in [6, 6.07) is 6.94. The van der Waals surface area contributed by atoms with E-state index in [1.165, 1.54) is 30.4 Å². The number of aryl methyl sites for hydroxylation is 2. The van der Waals surface area contributed by atoms with E-state index in [-0.39, 0.29) is 0 Å². The Labute approximate surface area is 120 Å². The van der Waals surface area contributed by atoms with Gasteiger partial charge in [-0.2, -0.15) is 0 Å². The average molecular weight is 260 g/mol. The Kier molecular flexibility index (Phi) is 5.64. The molecule has 1 aromatic carbocycles. The maximum atomic E-state index is 2.47. The Morgan fingerprint density at radius 2 is 1.63 bits per heavy atom. The minimum Gasteiger partial charge on any atom is -0.0628 e. The molecule has 0 radical (unpaired) electrons. The lowest BCUT2D eigenvalue weighted by atomic mass is 9.70. The molecule has 0 amide bonds. The molecular formula is C19H32. The Hall–Kier alpha value is -0.780. The zero-order valence-corrected chi connectivity index (χ0v) is 14.0. The van der Waals surface area contributed by atoms with Crippen LogP contribution in [0.25, 0.3) is 0 Å². The summed E-state index contributed by atoms with van der Waals surface area (Å²) in [5.74, 6) is 1.54. The molecule has 1 atom stereocenters. The third-order valence-electron chi connectivity index (χ3n) is 4.18. The number of hydrogen-bond donors (Lipinski definition) is 0. The van der Waals surface area contributed by atoms with Gasteiger partial charge in [-0.05, 0) is 55.1 Å². The number of hydrogen-bond acceptors (Lipinski definition) is 0. The van der Waals surface area contributed by atoms with Crippen LogP contribution in [0.5, 0.6) is 0 Å². The fourth-order valence-electron chi connectivity index (χ4n) is 3.24. The fourth-order valence-corrected chi connectivity index (χ4v) is 3.24. The van der Waals surface area contributed by atoms with Crippen LogP contribution in [0.3, 0.4) is 0 Å². The van der Waals surface area contributed by atoms with Crippen molar-refractivity contribution in [2.75, 3.05) is 0 Å². The molecule has 0 aliphatic carbocycles. The predicted molar refractivity (Wildman–Crippen MR) is 86.8 cm³/mol. The summed E-state index contributed by atoms with van der Waals surface area (Å²) >= 11 is 0. The van der Waals surface area contributed by atoms with Crippen LogP contribution in [0.4, 0.5) is 0 Å². The standard InChI is InChI=1S/C19H32/c1-14(2)10-11-19(7,13-15(3)4)18-12-16(5)8-9-17(18)6/h8-9,12,14-15H,10-11,13H2,1-7H3. The third-order valence-corrected chi connectivity index (χ3v) is 4.18. The molecule has 0 aliphatic rings. The van der Waals surface area contributed by atoms with Crippen molar-refractivity contribution in [1.29, 1.82) is 0 Å². The van der Waals surface area contributed by atoms with Gasteiger partial charge in [-0.3, -0.25) is 0 Å². The summed E-state index contributed by atoms with van der Waals surface area (Å²) < 4.78 is 0. The van der Waals surface area contributed by atoms with E-state index in [0.29, 0.717) is 5.41 Å². The molecule has 0 N–H and O–H groups in total. The summed E-state index contributed by atoms with van der Waals surface area (Å²) in [6.45, 7) is 16.3. The molecule has 0 saturated carbocycles. The maximum absolute atomic E-state index is 2.47. The molecule has 0 fully saturated rings. The van der Waals surface area contributed by atoms with Crippen molar-refractivity contribution in [1.82, 2.24) is 0 Å². The molecule has 108 valence electrons. The van der Waals surface area contributed by atoms with Crippen molar-refractivity contribution in [3.8, 4) is 0 Å². The first-order valence-corrected chi connectivity index (χ1v) is 7.82. The molecule has 0 saturated heterocycles. The van der Waals surface area contributed by atoms with Crippen molar-refractivity contribution in [2.45, 2.75) is 73.1 Å². The van der Waals surface area contributed by atoms with Crippen molar-refractivity contribution >= 4 is 0 Å². The van der Waals surface area contributed by atoms with Crippen LogP contribution in [-0.2, 0) is 5.41 Å². The Bertz CT molecular complexity index is 400. The van der Waals surface area contributed by atoms with Crippen molar-refractivity contribution < 1.29 is 0 Å². The van der Waals surface area contributed by atoms with E-state index in [1.807, 2.05) is 0 Å². The summed E-state index contributed by atoms with van der Waals surface area (Å²) in [7, 11) is 0. The first-order valence-electron chi connectivity index (χ1n) is 7.82. The highest BCUT2D eigenvalue weighted by molar-refractivity contribution is 5.36. The third kappa shape index (κ3) is 4.67. The number of rotatable bonds is 6. The Morgan fingerprint density at radius 1 is 1.00 bits per heavy atom. The van der Waals surface area contributed by atoms with Gasteiger partial charge in [0.25, 0.3) is 0 Å². The van der Waals surface area contributed by atoms with E-state index >= 15 is 0 Å². The topological polar surface area (TPSA) is 0 Å². The van der Waals surface area contributed by atoms with E-state index in [4.69, 9.17) is 0 Å². The first kappa shape index (κ1) is 16.3. The second kappa shape index (κ2) is 6.59. The molecule has 1 rings (SSSR count). The Balaban J connectivity index is 3.10. The molecule has 1 unspecified atom stereocenters. The molecule has 0 spiro atoms. The number of benzene rings is 1. The van der Waals surface area contributed by atoms with Crippen LogP contribution in [0.15, 0.2) is 18.2 Å². The van der Waals surface area contributed by atoms with Crippen LogP contribution >= 0.6 is 0 Å². The zero-order chi connectivity index (χ0) is 14.6. The molecular weight excluding hydrogens is 228 g/mol. The van der Waals surface area contributed by atoms with Gasteiger partial charge in [-0.25, -0.2) is 0 Å². The highest BCUT2D eigenvalue weighted by atomic mass is 14.3. The van der Waals surface area contributed by atoms with Gasteiger partial charge in [0.05, 0.1) is 0 Å². The van der Waals surface area contributed by atoms with Crippen molar-refractivity contribution in [3.05, 3.63) is 34.9 Å². The van der Waals surface area contributed by atoms with Gasteiger partial charge in [-0.1, -0.05) is 64.8 Å². The lowest BCUT2D eigenvalue weighted by Gasteiger charge is -2.34. The fraction of sp³-hybridized carbons (Fsp3) is 0.684. The molecule has 0 nitrogen and oxygen atoms in total. The monoisotopic (exact) mass is 260 g/mol. The van der Waals surface area contributed by atoms with E-state index in [2.05, 4.69) is 66.7 Å². The van der Waals surface area contributed by atoms with Gasteiger partial charge in [0.1, 0.15) is 0 Å². The molecule has 0 heterocycles. The van der Waals surface area contributed by atoms with Gasteiger partial charge in [-0.15, -0.1) is 0 Å². The molecule has 0 heteroatoms. The highest BCUT2D eigenvalue weighted by Crippen LogP contribution is 2.38. The van der Waals surface area contributed by atoms with Crippen LogP contribution in [-0.4, -0.2) is 0 Å². The SMILES string of the molecule is Cc1ccc(C)c(C(C)(CCC(C)C)CC(C)C)c1. The van der Waals surface area contributed by atoms with Gasteiger partial charge in [0.2, 0.25) is 0 Å². The van der Waals surface area contributed by atoms with Crippen molar-refractivity contribution in [2.24, 2.45) is 11.8 Å². The van der Waals surface area contributed by atoms with Crippen LogP contribution < -0.4 is 0 Å². The predicted octanol–water partition coefficient (Wildman–Crippen LogP) is 6.04. The van der Waals surface area contributed by atoms with E-state index in [9.17, 15) is 0 Å². The van der Waals surface area contributed by atoms with Gasteiger partial charge >= 0.3 is 0 Å². The maximum Gasteiger partial charge on any atom is -0.00700 e. The molecule has 1 aromatic rings. The molecule has 19 heavy (non-hydrogen) atoms. The quantitative estimate of drug-likeness (QED) is 0.584.